The molecule has 1 aromatic carbocycles. The molecule has 0 saturated carbocycles. The number of hydrogen-bond donors (Lipinski definition) is 2. The van der Waals surface area contributed by atoms with Crippen molar-refractivity contribution >= 4 is 11.7 Å². The predicted molar refractivity (Wildman–Crippen MR) is 51.6 cm³/mol. The lowest BCUT2D eigenvalue weighted by atomic mass is 10.2. The number of carbonyl (C=O) groups is 1. The van der Waals surface area contributed by atoms with Gasteiger partial charge in [0.25, 0.3) is 0 Å². The molecule has 4 heteroatoms. The second kappa shape index (κ2) is 3.67. The van der Waals surface area contributed by atoms with E-state index in [-0.39, 0.29) is 0 Å². The molecule has 1 aliphatic rings. The summed E-state index contributed by atoms with van der Waals surface area (Å²) in [6.07, 6.45) is 0.295. The van der Waals surface area contributed by atoms with Crippen LogP contribution in [0.5, 0.6) is 0 Å². The van der Waals surface area contributed by atoms with Crippen LogP contribution in [0, 0.1) is 0 Å². The monoisotopic (exact) mass is 193 g/mol. The summed E-state index contributed by atoms with van der Waals surface area (Å²) >= 11 is 0. The van der Waals surface area contributed by atoms with Crippen molar-refractivity contribution in [3.63, 3.8) is 0 Å². The number of ether oxygens (including phenoxy) is 1. The van der Waals surface area contributed by atoms with Gasteiger partial charge in [-0.05, 0) is 18.2 Å². The second-order valence-corrected chi connectivity index (χ2v) is 3.22. The normalized spacial score (nSPS) is 19.0. The minimum Gasteiger partial charge on any atom is -0.478 e. The third-order valence-electron chi connectivity index (χ3n) is 2.05. The Bertz CT molecular complexity index is 347. The van der Waals surface area contributed by atoms with E-state index in [1.54, 1.807) is 18.2 Å². The van der Waals surface area contributed by atoms with E-state index in [0.717, 1.165) is 18.8 Å². The lowest BCUT2D eigenvalue weighted by molar-refractivity contribution is 0.0697. The van der Waals surface area contributed by atoms with Crippen LogP contribution in [0.15, 0.2) is 24.3 Å². The van der Waals surface area contributed by atoms with E-state index in [0.29, 0.717) is 11.7 Å². The zero-order valence-electron chi connectivity index (χ0n) is 7.56. The number of hydrogen-bond acceptors (Lipinski definition) is 3. The molecule has 1 heterocycles. The fourth-order valence-corrected chi connectivity index (χ4v) is 1.18. The van der Waals surface area contributed by atoms with Gasteiger partial charge in [-0.2, -0.15) is 0 Å². The lowest BCUT2D eigenvalue weighted by Gasteiger charge is -2.04. The Balaban J connectivity index is 2.01. The molecule has 14 heavy (non-hydrogen) atoms. The molecule has 1 fully saturated rings. The fourth-order valence-electron chi connectivity index (χ4n) is 1.18. The van der Waals surface area contributed by atoms with E-state index in [1.165, 1.54) is 0 Å². The molecule has 0 radical (unpaired) electrons. The highest BCUT2D eigenvalue weighted by atomic mass is 16.6. The van der Waals surface area contributed by atoms with Crippen LogP contribution in [-0.2, 0) is 4.74 Å². The molecule has 1 aliphatic heterocycles. The fraction of sp³-hybridized carbons (Fsp3) is 0.300. The Hall–Kier alpha value is -1.55. The molecular weight excluding hydrogens is 182 g/mol. The summed E-state index contributed by atoms with van der Waals surface area (Å²) in [7, 11) is 0. The molecular formula is C10H11NO3. The van der Waals surface area contributed by atoms with Gasteiger partial charge >= 0.3 is 5.97 Å². The number of rotatable bonds is 4. The maximum Gasteiger partial charge on any atom is 0.335 e. The number of nitrogens with one attached hydrogen (secondary N) is 1. The van der Waals surface area contributed by atoms with E-state index in [2.05, 4.69) is 5.32 Å². The lowest BCUT2D eigenvalue weighted by Crippen LogP contribution is -2.08. The van der Waals surface area contributed by atoms with Gasteiger partial charge in [0.2, 0.25) is 0 Å². The van der Waals surface area contributed by atoms with Crippen molar-refractivity contribution in [1.82, 2.24) is 0 Å². The maximum absolute atomic E-state index is 10.7. The first-order valence-electron chi connectivity index (χ1n) is 4.44. The van der Waals surface area contributed by atoms with Gasteiger partial charge in [-0.15, -0.1) is 0 Å². The molecule has 0 spiro atoms. The Morgan fingerprint density at radius 2 is 2.43 bits per heavy atom. The third kappa shape index (κ3) is 2.23. The summed E-state index contributed by atoms with van der Waals surface area (Å²) in [4.78, 5) is 10.7. The molecule has 1 aromatic rings. The molecule has 0 aromatic heterocycles. The van der Waals surface area contributed by atoms with Crippen LogP contribution < -0.4 is 5.32 Å². The molecule has 2 rings (SSSR count). The van der Waals surface area contributed by atoms with Gasteiger partial charge < -0.3 is 15.2 Å². The topological polar surface area (TPSA) is 61.9 Å². The quantitative estimate of drug-likeness (QED) is 0.705. The molecule has 1 atom stereocenters. The Morgan fingerprint density at radius 3 is 3.07 bits per heavy atom. The van der Waals surface area contributed by atoms with Crippen LogP contribution >= 0.6 is 0 Å². The summed E-state index contributed by atoms with van der Waals surface area (Å²) < 4.78 is 5.03. The van der Waals surface area contributed by atoms with E-state index in [9.17, 15) is 4.79 Å². The largest absolute Gasteiger partial charge is 0.478 e. The molecule has 4 nitrogen and oxygen atoms in total. The van der Waals surface area contributed by atoms with Crippen LogP contribution in [0.25, 0.3) is 0 Å². The number of anilines is 1. The highest BCUT2D eigenvalue weighted by Crippen LogP contribution is 2.13. The Labute approximate surface area is 81.5 Å². The molecule has 1 saturated heterocycles. The summed E-state index contributed by atoms with van der Waals surface area (Å²) in [5, 5.41) is 11.9. The van der Waals surface area contributed by atoms with E-state index in [1.807, 2.05) is 6.07 Å². The van der Waals surface area contributed by atoms with Crippen molar-refractivity contribution in [3.8, 4) is 0 Å². The second-order valence-electron chi connectivity index (χ2n) is 3.22. The maximum atomic E-state index is 10.7. The summed E-state index contributed by atoms with van der Waals surface area (Å²) in [5.74, 6) is -0.906. The number of carboxylic acid groups (broad SMARTS) is 1. The Morgan fingerprint density at radius 1 is 1.64 bits per heavy atom. The highest BCUT2D eigenvalue weighted by Gasteiger charge is 2.21. The smallest absolute Gasteiger partial charge is 0.335 e. The number of aromatic carboxylic acids is 1. The zero-order chi connectivity index (χ0) is 9.97. The van der Waals surface area contributed by atoms with Crippen molar-refractivity contribution in [1.29, 1.82) is 0 Å². The summed E-state index contributed by atoms with van der Waals surface area (Å²) in [6, 6.07) is 6.75. The van der Waals surface area contributed by atoms with Crippen molar-refractivity contribution in [3.05, 3.63) is 29.8 Å². The molecule has 0 aliphatic carbocycles. The van der Waals surface area contributed by atoms with Crippen LogP contribution in [0.1, 0.15) is 10.4 Å². The predicted octanol–water partition coefficient (Wildman–Crippen LogP) is 1.20. The first-order chi connectivity index (χ1) is 6.75. The van der Waals surface area contributed by atoms with E-state index < -0.39 is 5.97 Å². The molecule has 0 amide bonds. The first kappa shape index (κ1) is 9.02. The van der Waals surface area contributed by atoms with Crippen LogP contribution in [-0.4, -0.2) is 30.3 Å². The zero-order valence-corrected chi connectivity index (χ0v) is 7.56. The van der Waals surface area contributed by atoms with Crippen LogP contribution in [0.4, 0.5) is 5.69 Å². The minimum atomic E-state index is -0.906. The van der Waals surface area contributed by atoms with Crippen molar-refractivity contribution in [2.24, 2.45) is 0 Å². The van der Waals surface area contributed by atoms with Gasteiger partial charge in [-0.25, -0.2) is 4.79 Å². The van der Waals surface area contributed by atoms with Gasteiger partial charge in [0.05, 0.1) is 18.3 Å². The number of carboxylic acids is 1. The van der Waals surface area contributed by atoms with E-state index >= 15 is 0 Å². The summed E-state index contributed by atoms with van der Waals surface area (Å²) in [6.45, 7) is 1.54. The summed E-state index contributed by atoms with van der Waals surface area (Å²) in [5.41, 5.74) is 1.12. The van der Waals surface area contributed by atoms with Crippen LogP contribution in [0.2, 0.25) is 0 Å². The van der Waals surface area contributed by atoms with Gasteiger partial charge in [0.1, 0.15) is 0 Å². The van der Waals surface area contributed by atoms with Crippen molar-refractivity contribution < 1.29 is 14.6 Å². The van der Waals surface area contributed by atoms with Crippen molar-refractivity contribution in [2.45, 2.75) is 6.10 Å². The SMILES string of the molecule is O=C(O)c1cccc(NCC2CO2)c1. The third-order valence-corrected chi connectivity index (χ3v) is 2.05. The minimum absolute atomic E-state index is 0.295. The standard InChI is InChI=1S/C10H11NO3/c12-10(13)7-2-1-3-8(4-7)11-5-9-6-14-9/h1-4,9,11H,5-6H2,(H,12,13). The number of benzene rings is 1. The molecule has 2 N–H and O–H groups in total. The van der Waals surface area contributed by atoms with Gasteiger partial charge in [0, 0.05) is 12.2 Å². The van der Waals surface area contributed by atoms with Crippen LogP contribution in [0.3, 0.4) is 0 Å². The first-order valence-corrected chi connectivity index (χ1v) is 4.44. The van der Waals surface area contributed by atoms with Gasteiger partial charge in [-0.1, -0.05) is 6.07 Å². The van der Waals surface area contributed by atoms with Crippen molar-refractivity contribution in [2.75, 3.05) is 18.5 Å². The molecule has 0 bridgehead atoms. The average Bonchev–Trinajstić information content (AvgIpc) is 2.99. The van der Waals surface area contributed by atoms with Gasteiger partial charge in [-0.3, -0.25) is 0 Å². The Kier molecular flexibility index (Phi) is 2.37. The van der Waals surface area contributed by atoms with Gasteiger partial charge in [0.15, 0.2) is 0 Å². The molecule has 1 unspecified atom stereocenters. The number of epoxide rings is 1. The van der Waals surface area contributed by atoms with E-state index in [4.69, 9.17) is 9.84 Å². The average molecular weight is 193 g/mol. The highest BCUT2D eigenvalue weighted by molar-refractivity contribution is 5.88. The molecule has 74 valence electrons.